The number of aliphatic imine (C=N–C) groups is 2. The summed E-state index contributed by atoms with van der Waals surface area (Å²) in [6, 6.07) is 0. The first-order valence-electron chi connectivity index (χ1n) is 4.06. The summed E-state index contributed by atoms with van der Waals surface area (Å²) in [6.45, 7) is 1.79. The molecule has 8 heteroatoms. The average Bonchev–Trinajstić information content (AvgIpc) is 2.13. The van der Waals surface area contributed by atoms with Gasteiger partial charge in [-0.05, 0) is 6.42 Å². The Kier molecular flexibility index (Phi) is 5.39. The van der Waals surface area contributed by atoms with E-state index < -0.39 is 14.0 Å². The van der Waals surface area contributed by atoms with Crippen LogP contribution in [0.1, 0.15) is 26.2 Å². The Morgan fingerprint density at radius 3 is 2.00 bits per heavy atom. The maximum atomic E-state index is 11.2. The minimum absolute atomic E-state index is 0.153. The molecule has 0 heterocycles. The highest BCUT2D eigenvalue weighted by Gasteiger charge is 2.42. The quantitative estimate of drug-likeness (QED) is 0.401. The number of carbonyl (C=O) groups excluding carboxylic acids is 2. The number of hydrogen-bond donors (Lipinski definition) is 0. The van der Waals surface area contributed by atoms with Crippen LogP contribution < -0.4 is 0 Å². The summed E-state index contributed by atoms with van der Waals surface area (Å²) in [6.07, 6.45) is 2.97. The number of unbranched alkanes of at least 4 members (excludes halogenated alkanes) is 1. The van der Waals surface area contributed by atoms with Gasteiger partial charge in [0.25, 0.3) is 14.0 Å². The zero-order valence-electron chi connectivity index (χ0n) is 7.93. The topological polar surface area (TPSA) is 93.0 Å². The number of hydrogen-bond acceptors (Lipinski definition) is 6. The third-order valence-electron chi connectivity index (χ3n) is 1.69. The fourth-order valence-electron chi connectivity index (χ4n) is 0.917. The minimum atomic E-state index is -4.31. The molecule has 15 heavy (non-hydrogen) atoms. The summed E-state index contributed by atoms with van der Waals surface area (Å²) < 4.78 is 22.3. The van der Waals surface area contributed by atoms with Gasteiger partial charge in [0.15, 0.2) is 0 Å². The second-order valence-corrected chi connectivity index (χ2v) is 5.44. The molecule has 0 aliphatic rings. The fraction of sp³-hybridized carbons (Fsp3) is 0.714. The Hall–Kier alpha value is -1.00. The van der Waals surface area contributed by atoms with E-state index in [9.17, 15) is 18.0 Å². The van der Waals surface area contributed by atoms with Gasteiger partial charge in [0.1, 0.15) is 0 Å². The molecule has 0 rings (SSSR count). The first-order valence-corrected chi connectivity index (χ1v) is 6.36. The van der Waals surface area contributed by atoms with Gasteiger partial charge in [-0.3, -0.25) is 0 Å². The summed E-state index contributed by atoms with van der Waals surface area (Å²) in [5, 5.41) is 0. The lowest BCUT2D eigenvalue weighted by molar-refractivity contribution is 0.482. The van der Waals surface area contributed by atoms with E-state index in [4.69, 9.17) is 10.7 Å². The molecule has 0 aliphatic carbocycles. The van der Waals surface area contributed by atoms with Crippen molar-refractivity contribution in [3.63, 3.8) is 0 Å². The van der Waals surface area contributed by atoms with Crippen LogP contribution in [-0.4, -0.2) is 25.6 Å². The van der Waals surface area contributed by atoms with Crippen LogP contribution in [0.3, 0.4) is 0 Å². The molecule has 0 atom stereocenters. The number of rotatable bonds is 6. The molecule has 0 radical (unpaired) electrons. The minimum Gasteiger partial charge on any atom is -0.211 e. The van der Waals surface area contributed by atoms with Gasteiger partial charge in [0.05, 0.1) is 0 Å². The molecule has 84 valence electrons. The molecule has 0 aromatic carbocycles. The van der Waals surface area contributed by atoms with Gasteiger partial charge in [-0.15, -0.1) is 0 Å². The third-order valence-corrected chi connectivity index (χ3v) is 3.60. The Bertz CT molecular complexity index is 389. The van der Waals surface area contributed by atoms with Gasteiger partial charge in [-0.2, -0.15) is 9.98 Å². The standard InChI is InChI=1S/C7H9ClN2O4S/c1-2-3-4-7(9-5-11,10-6-12)15(8,13)14/h2-4H2,1H3. The molecule has 0 unspecified atom stereocenters. The number of halogens is 1. The van der Waals surface area contributed by atoms with Crippen molar-refractivity contribution in [1.29, 1.82) is 0 Å². The van der Waals surface area contributed by atoms with Gasteiger partial charge in [-0.25, -0.2) is 18.0 Å². The summed E-state index contributed by atoms with van der Waals surface area (Å²) in [7, 11) is 0.767. The van der Waals surface area contributed by atoms with Gasteiger partial charge in [-0.1, -0.05) is 13.3 Å². The van der Waals surface area contributed by atoms with Gasteiger partial charge >= 0.3 is 0 Å². The summed E-state index contributed by atoms with van der Waals surface area (Å²) >= 11 is 0. The van der Waals surface area contributed by atoms with E-state index in [0.717, 1.165) is 12.2 Å². The van der Waals surface area contributed by atoms with Crippen LogP contribution in [0.15, 0.2) is 9.98 Å². The normalized spacial score (nSPS) is 14.5. The fourth-order valence-corrected chi connectivity index (χ4v) is 2.04. The van der Waals surface area contributed by atoms with E-state index in [0.29, 0.717) is 12.8 Å². The van der Waals surface area contributed by atoms with E-state index in [1.54, 1.807) is 6.92 Å². The maximum absolute atomic E-state index is 11.2. The van der Waals surface area contributed by atoms with Crippen molar-refractivity contribution in [2.24, 2.45) is 9.98 Å². The largest absolute Gasteiger partial charge is 0.287 e. The van der Waals surface area contributed by atoms with E-state index in [2.05, 4.69) is 9.98 Å². The molecular formula is C7H9ClN2O4S. The molecule has 0 N–H and O–H groups in total. The molecular weight excluding hydrogens is 244 g/mol. The third kappa shape index (κ3) is 3.57. The lowest BCUT2D eigenvalue weighted by atomic mass is 10.2. The molecule has 0 amide bonds. The van der Waals surface area contributed by atoms with Crippen molar-refractivity contribution in [2.45, 2.75) is 31.2 Å². The molecule has 6 nitrogen and oxygen atoms in total. The molecule has 0 saturated carbocycles. The average molecular weight is 253 g/mol. The van der Waals surface area contributed by atoms with Crippen LogP contribution in [0.4, 0.5) is 0 Å². The zero-order valence-corrected chi connectivity index (χ0v) is 9.51. The SMILES string of the molecule is CCCCC(N=C=O)(N=C=O)S(=O)(=O)Cl. The number of isocyanates is 2. The van der Waals surface area contributed by atoms with E-state index in [1.165, 1.54) is 0 Å². The van der Waals surface area contributed by atoms with Crippen molar-refractivity contribution in [2.75, 3.05) is 0 Å². The lowest BCUT2D eigenvalue weighted by Crippen LogP contribution is -2.31. The Balaban J connectivity index is 5.47. The monoisotopic (exact) mass is 252 g/mol. The van der Waals surface area contributed by atoms with Crippen molar-refractivity contribution in [3.8, 4) is 0 Å². The van der Waals surface area contributed by atoms with Crippen LogP contribution in [-0.2, 0) is 18.6 Å². The van der Waals surface area contributed by atoms with Gasteiger partial charge in [0.2, 0.25) is 12.2 Å². The van der Waals surface area contributed by atoms with Crippen molar-refractivity contribution < 1.29 is 18.0 Å². The van der Waals surface area contributed by atoms with Crippen LogP contribution in [0.5, 0.6) is 0 Å². The molecule has 0 fully saturated rings. The van der Waals surface area contributed by atoms with E-state index >= 15 is 0 Å². The van der Waals surface area contributed by atoms with Crippen LogP contribution in [0.2, 0.25) is 0 Å². The summed E-state index contributed by atoms with van der Waals surface area (Å²) in [5.41, 5.74) is 0. The second kappa shape index (κ2) is 5.78. The molecule has 0 saturated heterocycles. The highest BCUT2D eigenvalue weighted by atomic mass is 35.7. The van der Waals surface area contributed by atoms with Crippen molar-refractivity contribution in [1.82, 2.24) is 0 Å². The second-order valence-electron chi connectivity index (χ2n) is 2.69. The number of nitrogens with zero attached hydrogens (tertiary/aromatic N) is 2. The van der Waals surface area contributed by atoms with Crippen molar-refractivity contribution in [3.05, 3.63) is 0 Å². The maximum Gasteiger partial charge on any atom is 0.287 e. The predicted molar refractivity (Wildman–Crippen MR) is 53.3 cm³/mol. The molecule has 0 aromatic rings. The zero-order chi connectivity index (χ0) is 11.9. The summed E-state index contributed by atoms with van der Waals surface area (Å²) in [4.78, 5) is 23.9. The lowest BCUT2D eigenvalue weighted by Gasteiger charge is -2.17. The molecule has 0 bridgehead atoms. The first-order chi connectivity index (χ1) is 6.93. The highest BCUT2D eigenvalue weighted by Crippen LogP contribution is 2.30. The van der Waals surface area contributed by atoms with Crippen LogP contribution in [0.25, 0.3) is 0 Å². The van der Waals surface area contributed by atoms with E-state index in [-0.39, 0.29) is 6.42 Å². The Morgan fingerprint density at radius 2 is 1.73 bits per heavy atom. The predicted octanol–water partition coefficient (Wildman–Crippen LogP) is 1.07. The van der Waals surface area contributed by atoms with Gasteiger partial charge in [0, 0.05) is 17.1 Å². The summed E-state index contributed by atoms with van der Waals surface area (Å²) in [5.74, 6) is 0. The first kappa shape index (κ1) is 14.0. The van der Waals surface area contributed by atoms with Crippen LogP contribution in [0, 0.1) is 0 Å². The molecule has 0 aromatic heterocycles. The van der Waals surface area contributed by atoms with Crippen LogP contribution >= 0.6 is 10.7 Å². The van der Waals surface area contributed by atoms with Crippen molar-refractivity contribution >= 4 is 31.9 Å². The van der Waals surface area contributed by atoms with E-state index in [1.807, 2.05) is 0 Å². The van der Waals surface area contributed by atoms with Gasteiger partial charge < -0.3 is 0 Å². The molecule has 0 spiro atoms. The highest BCUT2D eigenvalue weighted by molar-refractivity contribution is 8.14. The Labute approximate surface area is 91.5 Å². The smallest absolute Gasteiger partial charge is 0.211 e. The molecule has 0 aliphatic heterocycles. The Morgan fingerprint density at radius 1 is 1.27 bits per heavy atom.